The van der Waals surface area contributed by atoms with Crippen LogP contribution < -0.4 is 5.32 Å². The van der Waals surface area contributed by atoms with E-state index in [-0.39, 0.29) is 5.41 Å². The lowest BCUT2D eigenvalue weighted by atomic mass is 9.92. The van der Waals surface area contributed by atoms with E-state index in [0.29, 0.717) is 5.92 Å². The van der Waals surface area contributed by atoms with E-state index < -0.39 is 0 Å². The lowest BCUT2D eigenvalue weighted by molar-refractivity contribution is 0.197. The molecule has 0 spiro atoms. The van der Waals surface area contributed by atoms with Gasteiger partial charge in [-0.1, -0.05) is 57.5 Å². The lowest BCUT2D eigenvalue weighted by Gasteiger charge is -2.31. The Labute approximate surface area is 129 Å². The minimum absolute atomic E-state index is 0.255. The van der Waals surface area contributed by atoms with Gasteiger partial charge in [0.25, 0.3) is 0 Å². The van der Waals surface area contributed by atoms with Gasteiger partial charge in [0, 0.05) is 24.7 Å². The lowest BCUT2D eigenvalue weighted by Crippen LogP contribution is -2.39. The van der Waals surface area contributed by atoms with Crippen molar-refractivity contribution < 1.29 is 0 Å². The van der Waals surface area contributed by atoms with Crippen molar-refractivity contribution >= 4 is 11.6 Å². The average Bonchev–Trinajstić information content (AvgIpc) is 2.30. The molecule has 0 unspecified atom stereocenters. The van der Waals surface area contributed by atoms with Gasteiger partial charge in [-0.3, -0.25) is 0 Å². The number of nitrogens with one attached hydrogen (secondary N) is 1. The van der Waals surface area contributed by atoms with Gasteiger partial charge >= 0.3 is 0 Å². The van der Waals surface area contributed by atoms with Gasteiger partial charge < -0.3 is 10.2 Å². The minimum atomic E-state index is 0.255. The van der Waals surface area contributed by atoms with Crippen LogP contribution in [-0.2, 0) is 6.54 Å². The molecule has 114 valence electrons. The second kappa shape index (κ2) is 8.02. The standard InChI is InChI=1S/C17H29ClN2/c1-14(2)10-19-12-17(3,4)13-20(5)11-15-8-6-7-9-16(15)18/h6-9,14,19H,10-13H2,1-5H3. The molecule has 1 N–H and O–H groups in total. The summed E-state index contributed by atoms with van der Waals surface area (Å²) >= 11 is 6.22. The molecule has 0 aliphatic rings. The predicted molar refractivity (Wildman–Crippen MR) is 89.3 cm³/mol. The Bertz CT molecular complexity index is 402. The number of rotatable bonds is 8. The van der Waals surface area contributed by atoms with Crippen molar-refractivity contribution in [2.75, 3.05) is 26.7 Å². The fourth-order valence-electron chi connectivity index (χ4n) is 2.46. The molecule has 0 saturated carbocycles. The molecule has 0 saturated heterocycles. The maximum atomic E-state index is 6.22. The van der Waals surface area contributed by atoms with E-state index in [1.807, 2.05) is 18.2 Å². The molecule has 0 heterocycles. The van der Waals surface area contributed by atoms with Gasteiger partial charge in [-0.05, 0) is 36.6 Å². The molecule has 0 aliphatic heterocycles. The Kier molecular flexibility index (Phi) is 7.01. The normalized spacial score (nSPS) is 12.4. The highest BCUT2D eigenvalue weighted by atomic mass is 35.5. The van der Waals surface area contributed by atoms with E-state index in [9.17, 15) is 0 Å². The molecule has 0 amide bonds. The summed E-state index contributed by atoms with van der Waals surface area (Å²) in [6, 6.07) is 8.08. The number of nitrogens with zero attached hydrogens (tertiary/aromatic N) is 1. The monoisotopic (exact) mass is 296 g/mol. The number of hydrogen-bond donors (Lipinski definition) is 1. The molecule has 0 aliphatic carbocycles. The van der Waals surface area contributed by atoms with Gasteiger partial charge in [-0.25, -0.2) is 0 Å². The van der Waals surface area contributed by atoms with Crippen LogP contribution in [0.3, 0.4) is 0 Å². The van der Waals surface area contributed by atoms with Gasteiger partial charge in [0.15, 0.2) is 0 Å². The van der Waals surface area contributed by atoms with E-state index in [4.69, 9.17) is 11.6 Å². The number of benzene rings is 1. The molecule has 1 aromatic carbocycles. The van der Waals surface area contributed by atoms with Crippen molar-refractivity contribution in [2.24, 2.45) is 11.3 Å². The fraction of sp³-hybridized carbons (Fsp3) is 0.647. The molecule has 0 radical (unpaired) electrons. The predicted octanol–water partition coefficient (Wildman–Crippen LogP) is 4.04. The summed E-state index contributed by atoms with van der Waals surface area (Å²) in [5.41, 5.74) is 1.45. The van der Waals surface area contributed by atoms with Gasteiger partial charge in [0.2, 0.25) is 0 Å². The topological polar surface area (TPSA) is 15.3 Å². The van der Waals surface area contributed by atoms with Crippen molar-refractivity contribution in [1.82, 2.24) is 10.2 Å². The summed E-state index contributed by atoms with van der Waals surface area (Å²) in [5, 5.41) is 4.41. The van der Waals surface area contributed by atoms with E-state index in [1.165, 1.54) is 5.56 Å². The Balaban J connectivity index is 2.44. The molecular weight excluding hydrogens is 268 g/mol. The first kappa shape index (κ1) is 17.5. The smallest absolute Gasteiger partial charge is 0.0451 e. The first-order valence-electron chi connectivity index (χ1n) is 7.43. The molecule has 0 aromatic heterocycles. The van der Waals surface area contributed by atoms with Gasteiger partial charge in [-0.2, -0.15) is 0 Å². The quantitative estimate of drug-likeness (QED) is 0.779. The minimum Gasteiger partial charge on any atom is -0.316 e. The summed E-state index contributed by atoms with van der Waals surface area (Å²) in [6.07, 6.45) is 0. The zero-order chi connectivity index (χ0) is 15.2. The van der Waals surface area contributed by atoms with Crippen molar-refractivity contribution in [3.63, 3.8) is 0 Å². The van der Waals surface area contributed by atoms with Crippen molar-refractivity contribution in [3.8, 4) is 0 Å². The maximum absolute atomic E-state index is 6.22. The molecule has 1 aromatic rings. The summed E-state index contributed by atoms with van der Waals surface area (Å²) < 4.78 is 0. The molecule has 1 rings (SSSR count). The van der Waals surface area contributed by atoms with Crippen molar-refractivity contribution in [2.45, 2.75) is 34.2 Å². The molecule has 2 nitrogen and oxygen atoms in total. The molecule has 0 atom stereocenters. The Hall–Kier alpha value is -0.570. The average molecular weight is 297 g/mol. The zero-order valence-corrected chi connectivity index (χ0v) is 14.3. The van der Waals surface area contributed by atoms with Gasteiger partial charge in [-0.15, -0.1) is 0 Å². The van der Waals surface area contributed by atoms with Crippen LogP contribution in [0.2, 0.25) is 5.02 Å². The first-order valence-corrected chi connectivity index (χ1v) is 7.80. The third-order valence-corrected chi connectivity index (χ3v) is 3.62. The van der Waals surface area contributed by atoms with Crippen molar-refractivity contribution in [1.29, 1.82) is 0 Å². The zero-order valence-electron chi connectivity index (χ0n) is 13.5. The van der Waals surface area contributed by atoms with E-state index in [2.05, 4.69) is 51.0 Å². The second-order valence-electron chi connectivity index (χ2n) is 6.95. The van der Waals surface area contributed by atoms with Crippen LogP contribution in [0.25, 0.3) is 0 Å². The highest BCUT2D eigenvalue weighted by Crippen LogP contribution is 2.20. The van der Waals surface area contributed by atoms with Crippen molar-refractivity contribution in [3.05, 3.63) is 34.9 Å². The first-order chi connectivity index (χ1) is 9.30. The maximum Gasteiger partial charge on any atom is 0.0451 e. The number of hydrogen-bond acceptors (Lipinski definition) is 2. The summed E-state index contributed by atoms with van der Waals surface area (Å²) in [7, 11) is 2.16. The molecule has 0 fully saturated rings. The van der Waals surface area contributed by atoms with Crippen LogP contribution in [-0.4, -0.2) is 31.6 Å². The second-order valence-corrected chi connectivity index (χ2v) is 7.36. The van der Waals surface area contributed by atoms with Crippen LogP contribution in [0.1, 0.15) is 33.3 Å². The highest BCUT2D eigenvalue weighted by Gasteiger charge is 2.20. The van der Waals surface area contributed by atoms with E-state index in [1.54, 1.807) is 0 Å². The van der Waals surface area contributed by atoms with E-state index in [0.717, 1.165) is 31.2 Å². The van der Waals surface area contributed by atoms with E-state index >= 15 is 0 Å². The summed E-state index contributed by atoms with van der Waals surface area (Å²) in [5.74, 6) is 0.701. The van der Waals surface area contributed by atoms with Gasteiger partial charge in [0.1, 0.15) is 0 Å². The molecule has 3 heteroatoms. The van der Waals surface area contributed by atoms with Crippen LogP contribution in [0, 0.1) is 11.3 Å². The Morgan fingerprint density at radius 3 is 2.50 bits per heavy atom. The van der Waals surface area contributed by atoms with Gasteiger partial charge in [0.05, 0.1) is 0 Å². The van der Waals surface area contributed by atoms with Crippen LogP contribution in [0.15, 0.2) is 24.3 Å². The summed E-state index contributed by atoms with van der Waals surface area (Å²) in [6.45, 7) is 13.2. The van der Waals surface area contributed by atoms with Crippen LogP contribution >= 0.6 is 11.6 Å². The molecule has 0 bridgehead atoms. The third-order valence-electron chi connectivity index (χ3n) is 3.25. The van der Waals surface area contributed by atoms with Crippen LogP contribution in [0.5, 0.6) is 0 Å². The van der Waals surface area contributed by atoms with Crippen LogP contribution in [0.4, 0.5) is 0 Å². The molecular formula is C17H29ClN2. The highest BCUT2D eigenvalue weighted by molar-refractivity contribution is 6.31. The summed E-state index contributed by atoms with van der Waals surface area (Å²) in [4.78, 5) is 2.35. The SMILES string of the molecule is CC(C)CNCC(C)(C)CN(C)Cc1ccccc1Cl. The molecule has 20 heavy (non-hydrogen) atoms. The fourth-order valence-corrected chi connectivity index (χ4v) is 2.65. The number of halogens is 1. The largest absolute Gasteiger partial charge is 0.316 e. The third kappa shape index (κ3) is 6.74. The Morgan fingerprint density at radius 1 is 1.25 bits per heavy atom. The Morgan fingerprint density at radius 2 is 1.90 bits per heavy atom.